The summed E-state index contributed by atoms with van der Waals surface area (Å²) >= 11 is 0. The van der Waals surface area contributed by atoms with Crippen molar-refractivity contribution in [1.82, 2.24) is 5.32 Å². The summed E-state index contributed by atoms with van der Waals surface area (Å²) < 4.78 is 10.7. The molecule has 2 fully saturated rings. The van der Waals surface area contributed by atoms with Gasteiger partial charge in [0.15, 0.2) is 0 Å². The minimum atomic E-state index is -0.889. The van der Waals surface area contributed by atoms with Crippen molar-refractivity contribution in [2.24, 2.45) is 5.41 Å². The van der Waals surface area contributed by atoms with Crippen LogP contribution in [-0.4, -0.2) is 37.9 Å². The smallest absolute Gasteiger partial charge is 0.240 e. The molecule has 2 atom stereocenters. The minimum Gasteiger partial charge on any atom is -0.381 e. The van der Waals surface area contributed by atoms with Crippen molar-refractivity contribution in [3.05, 3.63) is 0 Å². The molecule has 2 unspecified atom stereocenters. The maximum Gasteiger partial charge on any atom is 0.240 e. The summed E-state index contributed by atoms with van der Waals surface area (Å²) in [6, 6.07) is 2.33. The zero-order valence-corrected chi connectivity index (χ0v) is 10.8. The zero-order chi connectivity index (χ0) is 13.0. The maximum atomic E-state index is 12.3. The molecule has 1 amide bonds. The number of carbonyl (C=O) groups excluding carboxylic acids is 1. The van der Waals surface area contributed by atoms with Crippen molar-refractivity contribution in [3.8, 4) is 6.07 Å². The summed E-state index contributed by atoms with van der Waals surface area (Å²) in [5.41, 5.74) is -0.889. The van der Waals surface area contributed by atoms with Gasteiger partial charge in [0, 0.05) is 25.9 Å². The molecule has 0 aromatic heterocycles. The summed E-state index contributed by atoms with van der Waals surface area (Å²) in [5, 5.41) is 12.3. The Morgan fingerprint density at radius 1 is 1.39 bits per heavy atom. The predicted molar refractivity (Wildman–Crippen MR) is 64.7 cm³/mol. The Balaban J connectivity index is 1.95. The lowest BCUT2D eigenvalue weighted by molar-refractivity contribution is -0.134. The number of amides is 1. The van der Waals surface area contributed by atoms with Crippen molar-refractivity contribution in [2.45, 2.75) is 44.8 Å². The standard InChI is InChI=1S/C13H20N2O3/c1-10-8-11(2-5-18-10)15-12(16)13(9-14)3-6-17-7-4-13/h10-11H,2-8H2,1H3,(H,15,16). The molecular formula is C13H20N2O3. The van der Waals surface area contributed by atoms with Gasteiger partial charge in [-0.15, -0.1) is 0 Å². The summed E-state index contributed by atoms with van der Waals surface area (Å²) in [4.78, 5) is 12.3. The van der Waals surface area contributed by atoms with Gasteiger partial charge in [-0.3, -0.25) is 4.79 Å². The van der Waals surface area contributed by atoms with E-state index in [1.807, 2.05) is 6.92 Å². The van der Waals surface area contributed by atoms with Crippen LogP contribution in [0.25, 0.3) is 0 Å². The van der Waals surface area contributed by atoms with Crippen LogP contribution in [0.4, 0.5) is 0 Å². The molecule has 5 nitrogen and oxygen atoms in total. The Hall–Kier alpha value is -1.12. The third-order valence-electron chi connectivity index (χ3n) is 3.82. The van der Waals surface area contributed by atoms with Crippen LogP contribution in [0, 0.1) is 16.7 Å². The maximum absolute atomic E-state index is 12.3. The number of carbonyl (C=O) groups is 1. The zero-order valence-electron chi connectivity index (χ0n) is 10.8. The normalized spacial score (nSPS) is 31.3. The highest BCUT2D eigenvalue weighted by Gasteiger charge is 2.41. The number of hydrogen-bond acceptors (Lipinski definition) is 4. The van der Waals surface area contributed by atoms with Gasteiger partial charge in [-0.2, -0.15) is 5.26 Å². The molecule has 0 bridgehead atoms. The Labute approximate surface area is 107 Å². The SMILES string of the molecule is CC1CC(NC(=O)C2(C#N)CCOCC2)CCO1. The molecule has 1 N–H and O–H groups in total. The fraction of sp³-hybridized carbons (Fsp3) is 0.846. The van der Waals surface area contributed by atoms with Crippen LogP contribution in [0.2, 0.25) is 0 Å². The van der Waals surface area contributed by atoms with E-state index >= 15 is 0 Å². The number of nitrogens with zero attached hydrogens (tertiary/aromatic N) is 1. The largest absolute Gasteiger partial charge is 0.381 e. The van der Waals surface area contributed by atoms with E-state index in [-0.39, 0.29) is 18.1 Å². The molecule has 0 aliphatic carbocycles. The molecule has 2 aliphatic rings. The molecule has 18 heavy (non-hydrogen) atoms. The van der Waals surface area contributed by atoms with E-state index in [0.717, 1.165) is 12.8 Å². The highest BCUT2D eigenvalue weighted by molar-refractivity contribution is 5.85. The molecular weight excluding hydrogens is 232 g/mol. The number of hydrogen-bond donors (Lipinski definition) is 1. The van der Waals surface area contributed by atoms with Crippen LogP contribution < -0.4 is 5.32 Å². The summed E-state index contributed by atoms with van der Waals surface area (Å²) in [5.74, 6) is -0.132. The van der Waals surface area contributed by atoms with Crippen LogP contribution in [0.5, 0.6) is 0 Å². The molecule has 0 spiro atoms. The molecule has 0 aromatic rings. The summed E-state index contributed by atoms with van der Waals surface area (Å²) in [6.45, 7) is 3.66. The van der Waals surface area contributed by atoms with E-state index in [0.29, 0.717) is 32.7 Å². The average molecular weight is 252 g/mol. The number of nitriles is 1. The molecule has 2 saturated heterocycles. The average Bonchev–Trinajstić information content (AvgIpc) is 2.39. The Bertz CT molecular complexity index is 345. The van der Waals surface area contributed by atoms with Crippen molar-refractivity contribution < 1.29 is 14.3 Å². The Kier molecular flexibility index (Phi) is 4.20. The second-order valence-corrected chi connectivity index (χ2v) is 5.18. The molecule has 2 heterocycles. The monoisotopic (exact) mass is 252 g/mol. The highest BCUT2D eigenvalue weighted by atomic mass is 16.5. The Morgan fingerprint density at radius 3 is 2.72 bits per heavy atom. The third-order valence-corrected chi connectivity index (χ3v) is 3.82. The van der Waals surface area contributed by atoms with Gasteiger partial charge in [0.25, 0.3) is 0 Å². The first-order valence-electron chi connectivity index (χ1n) is 6.58. The van der Waals surface area contributed by atoms with E-state index in [1.165, 1.54) is 0 Å². The van der Waals surface area contributed by atoms with Crippen LogP contribution in [0.3, 0.4) is 0 Å². The third kappa shape index (κ3) is 2.82. The van der Waals surface area contributed by atoms with Gasteiger partial charge in [-0.05, 0) is 32.6 Å². The quantitative estimate of drug-likeness (QED) is 0.795. The van der Waals surface area contributed by atoms with E-state index < -0.39 is 5.41 Å². The molecule has 5 heteroatoms. The second-order valence-electron chi connectivity index (χ2n) is 5.18. The number of nitrogens with one attached hydrogen (secondary N) is 1. The van der Waals surface area contributed by atoms with E-state index in [1.54, 1.807) is 0 Å². The van der Waals surface area contributed by atoms with Gasteiger partial charge in [-0.1, -0.05) is 0 Å². The van der Waals surface area contributed by atoms with Crippen molar-refractivity contribution in [3.63, 3.8) is 0 Å². The van der Waals surface area contributed by atoms with Gasteiger partial charge in [0.05, 0.1) is 12.2 Å². The van der Waals surface area contributed by atoms with E-state index in [2.05, 4.69) is 11.4 Å². The van der Waals surface area contributed by atoms with Crippen LogP contribution in [0.1, 0.15) is 32.6 Å². The molecule has 0 aromatic carbocycles. The second kappa shape index (κ2) is 5.68. The lowest BCUT2D eigenvalue weighted by Crippen LogP contribution is -2.49. The summed E-state index contributed by atoms with van der Waals surface area (Å²) in [7, 11) is 0. The summed E-state index contributed by atoms with van der Waals surface area (Å²) in [6.07, 6.45) is 2.82. The number of rotatable bonds is 2. The molecule has 2 rings (SSSR count). The van der Waals surface area contributed by atoms with Crippen LogP contribution in [-0.2, 0) is 14.3 Å². The molecule has 0 saturated carbocycles. The van der Waals surface area contributed by atoms with Gasteiger partial charge in [0.2, 0.25) is 5.91 Å². The van der Waals surface area contributed by atoms with Gasteiger partial charge in [0.1, 0.15) is 5.41 Å². The van der Waals surface area contributed by atoms with Crippen molar-refractivity contribution in [2.75, 3.05) is 19.8 Å². The molecule has 0 radical (unpaired) electrons. The van der Waals surface area contributed by atoms with Crippen molar-refractivity contribution in [1.29, 1.82) is 5.26 Å². The molecule has 2 aliphatic heterocycles. The Morgan fingerprint density at radius 2 is 2.11 bits per heavy atom. The van der Waals surface area contributed by atoms with Gasteiger partial charge in [-0.25, -0.2) is 0 Å². The predicted octanol–water partition coefficient (Wildman–Crippen LogP) is 0.990. The lowest BCUT2D eigenvalue weighted by atomic mass is 9.80. The van der Waals surface area contributed by atoms with Crippen molar-refractivity contribution >= 4 is 5.91 Å². The van der Waals surface area contributed by atoms with E-state index in [4.69, 9.17) is 9.47 Å². The fourth-order valence-corrected chi connectivity index (χ4v) is 2.56. The first-order valence-corrected chi connectivity index (χ1v) is 6.58. The van der Waals surface area contributed by atoms with E-state index in [9.17, 15) is 10.1 Å². The van der Waals surface area contributed by atoms with Gasteiger partial charge < -0.3 is 14.8 Å². The molecule has 100 valence electrons. The minimum absolute atomic E-state index is 0.132. The first kappa shape index (κ1) is 13.3. The van der Waals surface area contributed by atoms with Crippen LogP contribution >= 0.6 is 0 Å². The lowest BCUT2D eigenvalue weighted by Gasteiger charge is -2.33. The van der Waals surface area contributed by atoms with Gasteiger partial charge >= 0.3 is 0 Å². The number of ether oxygens (including phenoxy) is 2. The topological polar surface area (TPSA) is 71.4 Å². The highest BCUT2D eigenvalue weighted by Crippen LogP contribution is 2.30. The van der Waals surface area contributed by atoms with Crippen LogP contribution in [0.15, 0.2) is 0 Å². The fourth-order valence-electron chi connectivity index (χ4n) is 2.56. The first-order chi connectivity index (χ1) is 8.66.